The molecule has 0 radical (unpaired) electrons. The summed E-state index contributed by atoms with van der Waals surface area (Å²) in [6, 6.07) is 12.6. The van der Waals surface area contributed by atoms with Crippen LogP contribution in [0.1, 0.15) is 27.2 Å². The van der Waals surface area contributed by atoms with Crippen LogP contribution in [0, 0.1) is 26.6 Å². The lowest BCUT2D eigenvalue weighted by atomic mass is 9.99. The summed E-state index contributed by atoms with van der Waals surface area (Å²) < 4.78 is 14.5. The lowest BCUT2D eigenvalue weighted by molar-refractivity contribution is 0.101. The molecule has 0 saturated heterocycles. The maximum absolute atomic E-state index is 13.2. The van der Waals surface area contributed by atoms with Crippen LogP contribution in [0.2, 0.25) is 0 Å². The fraction of sp³-hybridized carbons (Fsp3) is 0.130. The Morgan fingerprint density at radius 2 is 1.71 bits per heavy atom. The first kappa shape index (κ1) is 20.2. The highest BCUT2D eigenvalue weighted by Gasteiger charge is 2.16. The topological polar surface area (TPSA) is 92.7 Å². The largest absolute Gasteiger partial charge is 0.304 e. The highest BCUT2D eigenvalue weighted by molar-refractivity contribution is 6.02. The number of hydrogen-bond acceptors (Lipinski definition) is 4. The molecule has 31 heavy (non-hydrogen) atoms. The summed E-state index contributed by atoms with van der Waals surface area (Å²) in [5.74, 6) is -0.802. The van der Waals surface area contributed by atoms with Crippen LogP contribution < -0.4 is 10.7 Å². The minimum atomic E-state index is -0.684. The third-order valence-corrected chi connectivity index (χ3v) is 5.06. The van der Waals surface area contributed by atoms with Crippen LogP contribution >= 0.6 is 0 Å². The Balaban J connectivity index is 1.60. The molecule has 0 unspecified atom stereocenters. The van der Waals surface area contributed by atoms with Crippen LogP contribution in [0.5, 0.6) is 0 Å². The van der Waals surface area contributed by atoms with E-state index in [1.54, 1.807) is 6.07 Å². The Labute approximate surface area is 177 Å². The summed E-state index contributed by atoms with van der Waals surface area (Å²) in [6.45, 7) is 6.09. The molecule has 2 aromatic carbocycles. The minimum Gasteiger partial charge on any atom is -0.304 e. The number of aryl methyl sites for hydroxylation is 3. The molecule has 2 heterocycles. The average molecular weight is 417 g/mol. The van der Waals surface area contributed by atoms with Gasteiger partial charge < -0.3 is 5.32 Å². The van der Waals surface area contributed by atoms with Crippen molar-refractivity contribution < 1.29 is 9.18 Å². The van der Waals surface area contributed by atoms with E-state index in [-0.39, 0.29) is 11.5 Å². The lowest BCUT2D eigenvalue weighted by Crippen LogP contribution is -2.25. The van der Waals surface area contributed by atoms with E-state index in [4.69, 9.17) is 0 Å². The molecule has 4 aromatic rings. The quantitative estimate of drug-likeness (QED) is 0.526. The first-order valence-corrected chi connectivity index (χ1v) is 9.63. The third-order valence-electron chi connectivity index (χ3n) is 5.06. The number of H-pyrrole nitrogens is 1. The average Bonchev–Trinajstić information content (AvgIpc) is 3.19. The first-order chi connectivity index (χ1) is 14.8. The number of nitrogens with one attached hydrogen (secondary N) is 2. The Hall–Kier alpha value is -4.07. The van der Waals surface area contributed by atoms with Gasteiger partial charge in [-0.15, -0.1) is 0 Å². The van der Waals surface area contributed by atoms with Crippen molar-refractivity contribution in [2.24, 2.45) is 0 Å². The van der Waals surface area contributed by atoms with Gasteiger partial charge in [-0.05, 0) is 67.8 Å². The molecule has 8 heteroatoms. The number of amides is 1. The van der Waals surface area contributed by atoms with Crippen molar-refractivity contribution in [2.75, 3.05) is 5.32 Å². The Morgan fingerprint density at radius 1 is 1.00 bits per heavy atom. The van der Waals surface area contributed by atoms with Crippen molar-refractivity contribution in [1.29, 1.82) is 0 Å². The van der Waals surface area contributed by atoms with Crippen molar-refractivity contribution in [3.63, 3.8) is 0 Å². The normalized spacial score (nSPS) is 10.8. The number of nitrogens with zero attached hydrogens (tertiary/aromatic N) is 3. The number of halogens is 1. The van der Waals surface area contributed by atoms with Gasteiger partial charge in [-0.3, -0.25) is 14.7 Å². The number of aromatic amines is 1. The number of hydrogen-bond donors (Lipinski definition) is 2. The predicted molar refractivity (Wildman–Crippen MR) is 116 cm³/mol. The smallest absolute Gasteiger partial charge is 0.281 e. The first-order valence-electron chi connectivity index (χ1n) is 9.63. The fourth-order valence-electron chi connectivity index (χ4n) is 3.25. The number of carbonyl (C=O) groups is 1. The van der Waals surface area contributed by atoms with Gasteiger partial charge in [0.05, 0.1) is 11.4 Å². The van der Waals surface area contributed by atoms with E-state index < -0.39 is 17.2 Å². The number of rotatable bonds is 4. The van der Waals surface area contributed by atoms with Gasteiger partial charge >= 0.3 is 0 Å². The van der Waals surface area contributed by atoms with Gasteiger partial charge in [-0.1, -0.05) is 6.07 Å². The highest BCUT2D eigenvalue weighted by atomic mass is 19.1. The van der Waals surface area contributed by atoms with Gasteiger partial charge in [0, 0.05) is 23.9 Å². The monoisotopic (exact) mass is 417 g/mol. The summed E-state index contributed by atoms with van der Waals surface area (Å²) in [4.78, 5) is 24.9. The minimum absolute atomic E-state index is 0.274. The van der Waals surface area contributed by atoms with Gasteiger partial charge in [0.1, 0.15) is 5.82 Å². The molecule has 0 spiro atoms. The highest BCUT2D eigenvalue weighted by Crippen LogP contribution is 2.26. The zero-order valence-corrected chi connectivity index (χ0v) is 17.2. The van der Waals surface area contributed by atoms with Gasteiger partial charge in [-0.25, -0.2) is 9.07 Å². The molecule has 2 aromatic heterocycles. The van der Waals surface area contributed by atoms with Crippen LogP contribution in [-0.4, -0.2) is 25.9 Å². The Kier molecular flexibility index (Phi) is 5.21. The molecule has 0 bridgehead atoms. The maximum atomic E-state index is 13.2. The molecule has 0 fully saturated rings. The Morgan fingerprint density at radius 3 is 2.45 bits per heavy atom. The van der Waals surface area contributed by atoms with E-state index in [1.165, 1.54) is 46.8 Å². The van der Waals surface area contributed by atoms with Crippen molar-refractivity contribution >= 4 is 11.7 Å². The summed E-state index contributed by atoms with van der Waals surface area (Å²) in [7, 11) is 0. The number of aromatic nitrogens is 4. The summed E-state index contributed by atoms with van der Waals surface area (Å²) in [6.07, 6.45) is 1.42. The van der Waals surface area contributed by atoms with Crippen LogP contribution in [0.3, 0.4) is 0 Å². The molecule has 1 amide bonds. The molecular formula is C23H20FN5O2. The van der Waals surface area contributed by atoms with Gasteiger partial charge in [0.2, 0.25) is 5.43 Å². The van der Waals surface area contributed by atoms with E-state index in [0.29, 0.717) is 5.69 Å². The molecule has 156 valence electrons. The SMILES string of the molecule is Cc1cc(C)c(-c2cc(NC(=O)c3nn(-c4ccc(F)cc4)ccc3=O)n[nH]2)cc1C. The molecule has 0 aliphatic heterocycles. The standard InChI is InChI=1S/C23H20FN5O2/c1-13-10-15(3)18(11-14(13)2)19-12-21(27-26-19)25-23(31)22-20(30)8-9-29(28-22)17-6-4-16(24)5-7-17/h4-12H,1-3H3,(H2,25,26,27,31). The van der Waals surface area contributed by atoms with Crippen LogP contribution in [0.25, 0.3) is 16.9 Å². The summed E-state index contributed by atoms with van der Waals surface area (Å²) in [5.41, 5.74) is 4.85. The van der Waals surface area contributed by atoms with E-state index in [0.717, 1.165) is 22.4 Å². The number of benzene rings is 2. The van der Waals surface area contributed by atoms with Crippen molar-refractivity contribution in [3.8, 4) is 16.9 Å². The van der Waals surface area contributed by atoms with Crippen LogP contribution in [0.15, 0.2) is 59.5 Å². The van der Waals surface area contributed by atoms with Crippen molar-refractivity contribution in [3.05, 3.63) is 93.2 Å². The maximum Gasteiger partial charge on any atom is 0.281 e. The van der Waals surface area contributed by atoms with Gasteiger partial charge in [-0.2, -0.15) is 10.2 Å². The Bertz CT molecular complexity index is 1340. The predicted octanol–water partition coefficient (Wildman–Crippen LogP) is 3.94. The van der Waals surface area contributed by atoms with Gasteiger partial charge in [0.25, 0.3) is 5.91 Å². The number of carbonyl (C=O) groups excluding carboxylic acids is 1. The van der Waals surface area contributed by atoms with Crippen molar-refractivity contribution in [2.45, 2.75) is 20.8 Å². The lowest BCUT2D eigenvalue weighted by Gasteiger charge is -2.08. The molecule has 0 atom stereocenters. The van der Waals surface area contributed by atoms with Crippen molar-refractivity contribution in [1.82, 2.24) is 20.0 Å². The molecular weight excluding hydrogens is 397 g/mol. The second-order valence-electron chi connectivity index (χ2n) is 7.32. The molecule has 0 aliphatic rings. The van der Waals surface area contributed by atoms with E-state index in [2.05, 4.69) is 39.7 Å². The second kappa shape index (κ2) is 7.98. The molecule has 2 N–H and O–H groups in total. The molecule has 0 saturated carbocycles. The van der Waals surface area contributed by atoms with Crippen LogP contribution in [0.4, 0.5) is 10.2 Å². The molecule has 7 nitrogen and oxygen atoms in total. The van der Waals surface area contributed by atoms with E-state index >= 15 is 0 Å². The zero-order valence-electron chi connectivity index (χ0n) is 17.2. The fourth-order valence-corrected chi connectivity index (χ4v) is 3.25. The number of anilines is 1. The summed E-state index contributed by atoms with van der Waals surface area (Å²) in [5, 5.41) is 13.8. The van der Waals surface area contributed by atoms with Gasteiger partial charge in [0.15, 0.2) is 11.5 Å². The summed E-state index contributed by atoms with van der Waals surface area (Å²) >= 11 is 0. The molecule has 0 aliphatic carbocycles. The third kappa shape index (κ3) is 4.13. The van der Waals surface area contributed by atoms with Crippen LogP contribution in [-0.2, 0) is 0 Å². The van der Waals surface area contributed by atoms with E-state index in [9.17, 15) is 14.0 Å². The zero-order chi connectivity index (χ0) is 22.1. The second-order valence-corrected chi connectivity index (χ2v) is 7.32. The van der Waals surface area contributed by atoms with E-state index in [1.807, 2.05) is 13.8 Å². The molecule has 4 rings (SSSR count).